The predicted octanol–water partition coefficient (Wildman–Crippen LogP) is 1.56. The van der Waals surface area contributed by atoms with Gasteiger partial charge in [0.25, 0.3) is 0 Å². The number of nitrogens with one attached hydrogen (secondary N) is 1. The van der Waals surface area contributed by atoms with Crippen molar-refractivity contribution >= 4 is 5.91 Å². The Bertz CT molecular complexity index is 246. The van der Waals surface area contributed by atoms with Gasteiger partial charge in [-0.05, 0) is 32.1 Å². The quantitative estimate of drug-likeness (QED) is 0.726. The fraction of sp³-hybridized carbons (Fsp3) is 0.917. The van der Waals surface area contributed by atoms with E-state index in [2.05, 4.69) is 12.2 Å². The lowest BCUT2D eigenvalue weighted by molar-refractivity contribution is -0.130. The Morgan fingerprint density at radius 2 is 1.93 bits per heavy atom. The van der Waals surface area contributed by atoms with Gasteiger partial charge in [0.15, 0.2) is 0 Å². The van der Waals surface area contributed by atoms with E-state index < -0.39 is 0 Å². The molecule has 0 aromatic heterocycles. The number of nitrogens with two attached hydrogens (primary N) is 1. The molecule has 2 unspecified atom stereocenters. The van der Waals surface area contributed by atoms with Crippen LogP contribution in [0.4, 0.5) is 0 Å². The van der Waals surface area contributed by atoms with Crippen LogP contribution in [0.25, 0.3) is 0 Å². The zero-order valence-corrected chi connectivity index (χ0v) is 9.59. The van der Waals surface area contributed by atoms with Crippen LogP contribution in [0.15, 0.2) is 0 Å². The molecule has 86 valence electrons. The first kappa shape index (κ1) is 10.9. The molecule has 0 spiro atoms. The smallest absolute Gasteiger partial charge is 0.226 e. The molecule has 2 aliphatic rings. The van der Waals surface area contributed by atoms with Gasteiger partial charge in [0.2, 0.25) is 5.91 Å². The Hall–Kier alpha value is -0.570. The molecule has 2 fully saturated rings. The molecule has 3 N–H and O–H groups in total. The first-order valence-corrected chi connectivity index (χ1v) is 6.18. The summed E-state index contributed by atoms with van der Waals surface area (Å²) in [5, 5.41) is 3.15. The molecule has 0 aromatic rings. The summed E-state index contributed by atoms with van der Waals surface area (Å²) in [7, 11) is 0. The van der Waals surface area contributed by atoms with Crippen molar-refractivity contribution in [2.45, 2.75) is 64.0 Å². The highest BCUT2D eigenvalue weighted by molar-refractivity contribution is 5.82. The van der Waals surface area contributed by atoms with Crippen molar-refractivity contribution < 1.29 is 4.79 Å². The second kappa shape index (κ2) is 4.12. The molecule has 0 radical (unpaired) electrons. The van der Waals surface area contributed by atoms with Crippen LogP contribution in [-0.4, -0.2) is 18.0 Å². The van der Waals surface area contributed by atoms with Crippen LogP contribution < -0.4 is 11.1 Å². The van der Waals surface area contributed by atoms with Gasteiger partial charge < -0.3 is 11.1 Å². The molecule has 0 heterocycles. The first-order valence-electron chi connectivity index (χ1n) is 6.18. The second-order valence-corrected chi connectivity index (χ2v) is 5.44. The minimum Gasteiger partial charge on any atom is -0.351 e. The van der Waals surface area contributed by atoms with Gasteiger partial charge in [-0.15, -0.1) is 0 Å². The Morgan fingerprint density at radius 1 is 1.27 bits per heavy atom. The molecule has 0 aliphatic heterocycles. The molecule has 0 saturated heterocycles. The molecule has 3 nitrogen and oxygen atoms in total. The molecule has 2 rings (SSSR count). The Kier molecular flexibility index (Phi) is 3.01. The van der Waals surface area contributed by atoms with Gasteiger partial charge in [0.1, 0.15) is 0 Å². The maximum absolute atomic E-state index is 12.1. The Labute approximate surface area is 91.8 Å². The molecular formula is C12H22N2O. The topological polar surface area (TPSA) is 55.1 Å². The third kappa shape index (κ3) is 2.17. The van der Waals surface area contributed by atoms with Gasteiger partial charge in [-0.1, -0.05) is 19.8 Å². The molecule has 3 heteroatoms. The Balaban J connectivity index is 1.91. The molecular weight excluding hydrogens is 188 g/mol. The van der Waals surface area contributed by atoms with Crippen LogP contribution in [0.3, 0.4) is 0 Å². The number of carbonyl (C=O) groups is 1. The van der Waals surface area contributed by atoms with E-state index in [0.717, 1.165) is 32.1 Å². The van der Waals surface area contributed by atoms with Crippen LogP contribution in [0, 0.1) is 5.41 Å². The van der Waals surface area contributed by atoms with E-state index >= 15 is 0 Å². The van der Waals surface area contributed by atoms with Gasteiger partial charge in [-0.3, -0.25) is 4.79 Å². The first-order chi connectivity index (χ1) is 7.12. The summed E-state index contributed by atoms with van der Waals surface area (Å²) in [6, 6.07) is 0.411. The molecule has 15 heavy (non-hydrogen) atoms. The molecule has 2 aliphatic carbocycles. The van der Waals surface area contributed by atoms with Crippen molar-refractivity contribution in [1.82, 2.24) is 5.32 Å². The zero-order valence-electron chi connectivity index (χ0n) is 9.59. The average Bonchev–Trinajstić information content (AvgIpc) is 2.78. The average molecular weight is 210 g/mol. The van der Waals surface area contributed by atoms with Crippen molar-refractivity contribution in [3.8, 4) is 0 Å². The lowest BCUT2D eigenvalue weighted by Crippen LogP contribution is -2.48. The summed E-state index contributed by atoms with van der Waals surface area (Å²) in [4.78, 5) is 12.1. The SMILES string of the molecule is CC1(C(=O)NC2CCCC2N)CCCC1. The summed E-state index contributed by atoms with van der Waals surface area (Å²) in [5.74, 6) is 0.238. The van der Waals surface area contributed by atoms with Crippen molar-refractivity contribution in [3.05, 3.63) is 0 Å². The van der Waals surface area contributed by atoms with Gasteiger partial charge in [-0.25, -0.2) is 0 Å². The van der Waals surface area contributed by atoms with Crippen molar-refractivity contribution in [3.63, 3.8) is 0 Å². The summed E-state index contributed by atoms with van der Waals surface area (Å²) < 4.78 is 0. The van der Waals surface area contributed by atoms with E-state index in [0.29, 0.717) is 0 Å². The predicted molar refractivity (Wildman–Crippen MR) is 60.3 cm³/mol. The number of rotatable bonds is 2. The zero-order chi connectivity index (χ0) is 10.9. The normalized spacial score (nSPS) is 34.3. The number of carbonyl (C=O) groups excluding carboxylic acids is 1. The third-order valence-electron chi connectivity index (χ3n) is 4.14. The van der Waals surface area contributed by atoms with Crippen LogP contribution >= 0.6 is 0 Å². The van der Waals surface area contributed by atoms with Crippen molar-refractivity contribution in [2.24, 2.45) is 11.1 Å². The van der Waals surface area contributed by atoms with Crippen LogP contribution in [0.2, 0.25) is 0 Å². The number of hydrogen-bond acceptors (Lipinski definition) is 2. The highest BCUT2D eigenvalue weighted by atomic mass is 16.2. The van der Waals surface area contributed by atoms with Gasteiger partial charge in [-0.2, -0.15) is 0 Å². The van der Waals surface area contributed by atoms with E-state index in [1.807, 2.05) is 0 Å². The molecule has 0 aromatic carbocycles. The standard InChI is InChI=1S/C12H22N2O/c1-12(7-2-3-8-12)11(15)14-10-6-4-5-9(10)13/h9-10H,2-8,13H2,1H3,(H,14,15). The summed E-state index contributed by atoms with van der Waals surface area (Å²) in [6.45, 7) is 2.09. The van der Waals surface area contributed by atoms with E-state index in [1.165, 1.54) is 12.8 Å². The highest BCUT2D eigenvalue weighted by Gasteiger charge is 2.38. The van der Waals surface area contributed by atoms with Gasteiger partial charge in [0, 0.05) is 17.5 Å². The maximum Gasteiger partial charge on any atom is 0.226 e. The second-order valence-electron chi connectivity index (χ2n) is 5.44. The van der Waals surface area contributed by atoms with Gasteiger partial charge in [0.05, 0.1) is 0 Å². The minimum absolute atomic E-state index is 0.109. The third-order valence-corrected chi connectivity index (χ3v) is 4.14. The van der Waals surface area contributed by atoms with Crippen molar-refractivity contribution in [2.75, 3.05) is 0 Å². The monoisotopic (exact) mass is 210 g/mol. The summed E-state index contributed by atoms with van der Waals surface area (Å²) in [5.41, 5.74) is 5.85. The molecule has 0 bridgehead atoms. The minimum atomic E-state index is -0.109. The fourth-order valence-electron chi connectivity index (χ4n) is 2.89. The van der Waals surface area contributed by atoms with Crippen molar-refractivity contribution in [1.29, 1.82) is 0 Å². The molecule has 1 amide bonds. The summed E-state index contributed by atoms with van der Waals surface area (Å²) >= 11 is 0. The largest absolute Gasteiger partial charge is 0.351 e. The van der Waals surface area contributed by atoms with E-state index in [4.69, 9.17) is 5.73 Å². The van der Waals surface area contributed by atoms with E-state index in [9.17, 15) is 4.79 Å². The van der Waals surface area contributed by atoms with Gasteiger partial charge >= 0.3 is 0 Å². The van der Waals surface area contributed by atoms with Crippen LogP contribution in [0.1, 0.15) is 51.9 Å². The highest BCUT2D eigenvalue weighted by Crippen LogP contribution is 2.38. The summed E-state index contributed by atoms with van der Waals surface area (Å²) in [6.07, 6.45) is 7.75. The fourth-order valence-corrected chi connectivity index (χ4v) is 2.89. The van der Waals surface area contributed by atoms with Crippen LogP contribution in [-0.2, 0) is 4.79 Å². The molecule has 2 saturated carbocycles. The lowest BCUT2D eigenvalue weighted by Gasteiger charge is -2.26. The maximum atomic E-state index is 12.1. The van der Waals surface area contributed by atoms with Crippen LogP contribution in [0.5, 0.6) is 0 Å². The Morgan fingerprint density at radius 3 is 2.47 bits per heavy atom. The lowest BCUT2D eigenvalue weighted by atomic mass is 9.87. The van der Waals surface area contributed by atoms with E-state index in [-0.39, 0.29) is 23.4 Å². The molecule has 2 atom stereocenters. The number of hydrogen-bond donors (Lipinski definition) is 2. The van der Waals surface area contributed by atoms with E-state index in [1.54, 1.807) is 0 Å². The number of amides is 1.